The number of hydrogen-bond acceptors (Lipinski definition) is 3. The Balaban J connectivity index is 0.00000240. The maximum Gasteiger partial charge on any atom is 0.266 e. The average molecular weight is 428 g/mol. The molecule has 0 spiro atoms. The number of aromatic amines is 1. The van der Waals surface area contributed by atoms with E-state index in [-0.39, 0.29) is 24.6 Å². The van der Waals surface area contributed by atoms with Gasteiger partial charge >= 0.3 is 0 Å². The molecule has 0 saturated heterocycles. The van der Waals surface area contributed by atoms with Crippen LogP contribution in [0.5, 0.6) is 0 Å². The Morgan fingerprint density at radius 3 is 2.55 bits per heavy atom. The lowest BCUT2D eigenvalue weighted by molar-refractivity contribution is 0.282. The van der Waals surface area contributed by atoms with Crippen molar-refractivity contribution in [3.63, 3.8) is 0 Å². The van der Waals surface area contributed by atoms with Gasteiger partial charge < -0.3 is 10.1 Å². The quantitative estimate of drug-likeness (QED) is 0.380. The first kappa shape index (κ1) is 21.6. The molecule has 0 radical (unpaired) electrons. The first-order chi connectivity index (χ1) is 13.5. The van der Waals surface area contributed by atoms with E-state index < -0.39 is 0 Å². The second-order valence-corrected chi connectivity index (χ2v) is 8.48. The van der Waals surface area contributed by atoms with Gasteiger partial charge in [-0.15, -0.1) is 23.7 Å². The molecule has 0 aliphatic heterocycles. The molecular weight excluding hydrogens is 402 g/mol. The third kappa shape index (κ3) is 3.73. The van der Waals surface area contributed by atoms with E-state index in [1.807, 2.05) is 24.4 Å². The number of H-pyrrole nitrogens is 1. The summed E-state index contributed by atoms with van der Waals surface area (Å²) in [6.45, 7) is 6.42. The monoisotopic (exact) mass is 427 g/mol. The van der Waals surface area contributed by atoms with Crippen molar-refractivity contribution < 1.29 is 5.11 Å². The van der Waals surface area contributed by atoms with Gasteiger partial charge in [0.2, 0.25) is 0 Å². The molecule has 0 amide bonds. The van der Waals surface area contributed by atoms with Gasteiger partial charge in [-0.2, -0.15) is 0 Å². The Morgan fingerprint density at radius 2 is 1.90 bits per heavy atom. The van der Waals surface area contributed by atoms with Gasteiger partial charge in [0, 0.05) is 10.8 Å². The predicted octanol–water partition coefficient (Wildman–Crippen LogP) is 6.54. The van der Waals surface area contributed by atoms with E-state index in [1.54, 1.807) is 0 Å². The molecule has 2 heterocycles. The van der Waals surface area contributed by atoms with E-state index in [2.05, 4.69) is 43.1 Å². The van der Waals surface area contributed by atoms with Crippen molar-refractivity contribution in [2.75, 3.05) is 0 Å². The lowest BCUT2D eigenvalue weighted by Gasteiger charge is -2.17. The summed E-state index contributed by atoms with van der Waals surface area (Å²) >= 11 is 1.46. The number of aliphatic hydroxyl groups excluding tert-OH is 1. The molecule has 1 atom stereocenters. The first-order valence-corrected chi connectivity index (χ1v) is 10.7. The predicted molar refractivity (Wildman–Crippen MR) is 127 cm³/mol. The molecule has 3 nitrogen and oxygen atoms in total. The minimum absolute atomic E-state index is 0. The van der Waals surface area contributed by atoms with Crippen LogP contribution >= 0.6 is 23.7 Å². The third-order valence-corrected chi connectivity index (χ3v) is 6.56. The van der Waals surface area contributed by atoms with E-state index in [4.69, 9.17) is 0 Å². The standard InChI is InChI=1S/C24H25NO2S.ClH/c1-4-5-14(2)16-6-8-17(9-7-16)20-18(13-26)12-15(3)22-21(20)19-10-11-28-23(19)24(27)25-22;/h6-12,14,26H,4-5,13H2,1-3H3,(H,25,27);1H/t14-;/m0./s1. The van der Waals surface area contributed by atoms with E-state index >= 15 is 0 Å². The molecule has 2 aromatic heterocycles. The van der Waals surface area contributed by atoms with Gasteiger partial charge in [-0.1, -0.05) is 50.6 Å². The van der Waals surface area contributed by atoms with E-state index in [0.717, 1.165) is 43.2 Å². The Labute approximate surface area is 180 Å². The summed E-state index contributed by atoms with van der Waals surface area (Å²) in [4.78, 5) is 15.6. The molecular formula is C24H26ClNO2S. The summed E-state index contributed by atoms with van der Waals surface area (Å²) in [7, 11) is 0. The zero-order valence-corrected chi connectivity index (χ0v) is 18.5. The molecule has 5 heteroatoms. The molecule has 0 saturated carbocycles. The highest BCUT2D eigenvalue weighted by Crippen LogP contribution is 2.38. The highest BCUT2D eigenvalue weighted by Gasteiger charge is 2.17. The topological polar surface area (TPSA) is 53.1 Å². The molecule has 4 aromatic rings. The number of benzene rings is 2. The van der Waals surface area contributed by atoms with Gasteiger partial charge in [-0.3, -0.25) is 4.79 Å². The summed E-state index contributed by atoms with van der Waals surface area (Å²) in [6.07, 6.45) is 2.34. The summed E-state index contributed by atoms with van der Waals surface area (Å²) in [5.41, 5.74) is 6.08. The smallest absolute Gasteiger partial charge is 0.266 e. The highest BCUT2D eigenvalue weighted by molar-refractivity contribution is 7.17. The fourth-order valence-corrected chi connectivity index (χ4v) is 5.00. The zero-order chi connectivity index (χ0) is 19.8. The minimum Gasteiger partial charge on any atom is -0.392 e. The van der Waals surface area contributed by atoms with Gasteiger partial charge in [0.15, 0.2) is 0 Å². The molecule has 4 rings (SSSR count). The first-order valence-electron chi connectivity index (χ1n) is 9.82. The molecule has 152 valence electrons. The molecule has 0 aliphatic rings. The van der Waals surface area contributed by atoms with E-state index in [0.29, 0.717) is 5.92 Å². The average Bonchev–Trinajstić information content (AvgIpc) is 3.19. The van der Waals surface area contributed by atoms with Crippen LogP contribution in [0.25, 0.3) is 32.1 Å². The molecule has 29 heavy (non-hydrogen) atoms. The van der Waals surface area contributed by atoms with Crippen molar-refractivity contribution in [3.05, 3.63) is 68.8 Å². The Hall–Kier alpha value is -2.14. The number of hydrogen-bond donors (Lipinski definition) is 2. The lowest BCUT2D eigenvalue weighted by Crippen LogP contribution is -2.07. The largest absolute Gasteiger partial charge is 0.392 e. The van der Waals surface area contributed by atoms with Gasteiger partial charge in [0.25, 0.3) is 5.56 Å². The fraction of sp³-hybridized carbons (Fsp3) is 0.292. The minimum atomic E-state index is -0.0490. The van der Waals surface area contributed by atoms with Crippen molar-refractivity contribution in [3.8, 4) is 11.1 Å². The van der Waals surface area contributed by atoms with Crippen LogP contribution in [0.4, 0.5) is 0 Å². The molecule has 0 unspecified atom stereocenters. The van der Waals surface area contributed by atoms with Crippen LogP contribution in [0.3, 0.4) is 0 Å². The number of nitrogens with one attached hydrogen (secondary N) is 1. The van der Waals surface area contributed by atoms with Crippen molar-refractivity contribution >= 4 is 44.7 Å². The summed E-state index contributed by atoms with van der Waals surface area (Å²) in [6, 6.07) is 12.7. The molecule has 2 N–H and O–H groups in total. The molecule has 0 bridgehead atoms. The maximum atomic E-state index is 12.5. The molecule has 2 aromatic carbocycles. The van der Waals surface area contributed by atoms with Crippen LogP contribution < -0.4 is 5.56 Å². The maximum absolute atomic E-state index is 12.5. The summed E-state index contributed by atoms with van der Waals surface area (Å²) in [5, 5.41) is 14.0. The van der Waals surface area contributed by atoms with Crippen molar-refractivity contribution in [1.82, 2.24) is 4.98 Å². The van der Waals surface area contributed by atoms with Crippen molar-refractivity contribution in [1.29, 1.82) is 0 Å². The van der Waals surface area contributed by atoms with Crippen LogP contribution in [0.15, 0.2) is 46.6 Å². The van der Waals surface area contributed by atoms with Crippen molar-refractivity contribution in [2.45, 2.75) is 46.1 Å². The van der Waals surface area contributed by atoms with Gasteiger partial charge in [-0.25, -0.2) is 0 Å². The SMILES string of the molecule is CCC[C@H](C)c1ccc(-c2c(CO)cc(C)c3[nH]c(=O)c4sccc4c23)cc1.Cl. The Kier molecular flexibility index (Phi) is 6.47. The number of aromatic nitrogens is 1. The highest BCUT2D eigenvalue weighted by atomic mass is 35.5. The Morgan fingerprint density at radius 1 is 1.17 bits per heavy atom. The third-order valence-electron chi connectivity index (χ3n) is 5.65. The van der Waals surface area contributed by atoms with Gasteiger partial charge in [0.1, 0.15) is 4.70 Å². The van der Waals surface area contributed by atoms with Crippen LogP contribution in [-0.4, -0.2) is 10.1 Å². The number of aryl methyl sites for hydroxylation is 1. The van der Waals surface area contributed by atoms with Crippen molar-refractivity contribution in [2.24, 2.45) is 0 Å². The fourth-order valence-electron chi connectivity index (χ4n) is 4.20. The van der Waals surface area contributed by atoms with Gasteiger partial charge in [0.05, 0.1) is 12.1 Å². The van der Waals surface area contributed by atoms with E-state index in [9.17, 15) is 9.90 Å². The van der Waals surface area contributed by atoms with Crippen LogP contribution in [0.1, 0.15) is 49.3 Å². The Bertz CT molecular complexity index is 1210. The van der Waals surface area contributed by atoms with Crippen LogP contribution in [0.2, 0.25) is 0 Å². The summed E-state index contributed by atoms with van der Waals surface area (Å²) < 4.78 is 0.733. The number of rotatable bonds is 5. The second-order valence-electron chi connectivity index (χ2n) is 7.56. The lowest BCUT2D eigenvalue weighted by atomic mass is 9.89. The summed E-state index contributed by atoms with van der Waals surface area (Å²) in [5.74, 6) is 0.533. The van der Waals surface area contributed by atoms with E-state index in [1.165, 1.54) is 29.7 Å². The number of aliphatic hydroxyl groups is 1. The van der Waals surface area contributed by atoms with Crippen LogP contribution in [0, 0.1) is 6.92 Å². The second kappa shape index (κ2) is 8.70. The number of fused-ring (bicyclic) bond motifs is 3. The van der Waals surface area contributed by atoms with Gasteiger partial charge in [-0.05, 0) is 58.5 Å². The molecule has 0 fully saturated rings. The molecule has 0 aliphatic carbocycles. The number of halogens is 1. The van der Waals surface area contributed by atoms with Crippen LogP contribution in [-0.2, 0) is 6.61 Å². The number of thiophene rings is 1. The zero-order valence-electron chi connectivity index (χ0n) is 16.9. The normalized spacial score (nSPS) is 12.3. The number of pyridine rings is 1.